The van der Waals surface area contributed by atoms with Crippen LogP contribution in [-0.2, 0) is 15.8 Å². The number of aldehydes is 1. The molecule has 0 saturated heterocycles. The fourth-order valence-electron chi connectivity index (χ4n) is 4.09. The Bertz CT molecular complexity index is 1040. The van der Waals surface area contributed by atoms with Crippen LogP contribution in [0.15, 0.2) is 59.0 Å². The Morgan fingerprint density at radius 1 is 1.24 bits per heavy atom. The molecule has 1 aromatic heterocycles. The minimum Gasteiger partial charge on any atom is -0.416 e. The lowest BCUT2D eigenvalue weighted by atomic mass is 9.99. The van der Waals surface area contributed by atoms with Crippen molar-refractivity contribution in [3.8, 4) is 0 Å². The molecule has 0 unspecified atom stereocenters. The molecule has 1 aromatic carbocycles. The molecule has 1 heterocycles. The van der Waals surface area contributed by atoms with Crippen LogP contribution in [0.3, 0.4) is 0 Å². The van der Waals surface area contributed by atoms with Crippen molar-refractivity contribution in [2.75, 3.05) is 11.9 Å². The summed E-state index contributed by atoms with van der Waals surface area (Å²) in [6.07, 6.45) is 5.23. The van der Waals surface area contributed by atoms with E-state index in [-0.39, 0.29) is 22.7 Å². The second kappa shape index (κ2) is 10.2. The van der Waals surface area contributed by atoms with Gasteiger partial charge >= 0.3 is 5.69 Å². The zero-order valence-electron chi connectivity index (χ0n) is 20.7. The van der Waals surface area contributed by atoms with Crippen LogP contribution in [0.5, 0.6) is 0 Å². The van der Waals surface area contributed by atoms with E-state index >= 15 is 0 Å². The van der Waals surface area contributed by atoms with Crippen molar-refractivity contribution in [1.82, 2.24) is 9.55 Å². The third-order valence-corrected chi connectivity index (χ3v) is 12.2. The second-order valence-electron chi connectivity index (χ2n) is 10.3. The quantitative estimate of drug-likeness (QED) is 0.384. The number of aromatic nitrogens is 2. The van der Waals surface area contributed by atoms with E-state index in [4.69, 9.17) is 4.43 Å². The van der Waals surface area contributed by atoms with E-state index in [0.29, 0.717) is 36.9 Å². The molecule has 0 spiro atoms. The maximum atomic E-state index is 12.7. The van der Waals surface area contributed by atoms with Crippen molar-refractivity contribution < 1.29 is 9.22 Å². The monoisotopic (exact) mass is 467 g/mol. The molecule has 0 amide bonds. The molecular weight excluding hydrogens is 430 g/mol. The van der Waals surface area contributed by atoms with Crippen LogP contribution in [0.4, 0.5) is 5.82 Å². The highest BCUT2D eigenvalue weighted by Crippen LogP contribution is 2.45. The lowest BCUT2D eigenvalue weighted by Crippen LogP contribution is -2.46. The molecule has 3 rings (SSSR count). The summed E-state index contributed by atoms with van der Waals surface area (Å²) < 4.78 is 8.11. The first-order valence-corrected chi connectivity index (χ1v) is 14.6. The van der Waals surface area contributed by atoms with Gasteiger partial charge in [-0.15, -0.1) is 0 Å². The molecule has 0 bridgehead atoms. The second-order valence-corrected chi connectivity index (χ2v) is 14.9. The number of hydrogen-bond acceptors (Lipinski definition) is 5. The summed E-state index contributed by atoms with van der Waals surface area (Å²) in [6, 6.07) is 11.6. The number of nitrogens with one attached hydrogen (secondary N) is 1. The van der Waals surface area contributed by atoms with E-state index in [0.717, 1.165) is 11.8 Å². The Morgan fingerprint density at radius 3 is 2.55 bits per heavy atom. The molecular formula is C26H37N3O3Si. The first kappa shape index (κ1) is 25.1. The maximum Gasteiger partial charge on any atom is 0.350 e. The number of rotatable bonds is 10. The number of carbonyl (C=O) groups is 1. The van der Waals surface area contributed by atoms with Crippen LogP contribution in [0.1, 0.15) is 45.7 Å². The van der Waals surface area contributed by atoms with Crippen LogP contribution in [0.25, 0.3) is 0 Å². The van der Waals surface area contributed by atoms with Gasteiger partial charge in [-0.05, 0) is 47.7 Å². The first-order valence-electron chi connectivity index (χ1n) is 11.7. The van der Waals surface area contributed by atoms with Gasteiger partial charge in [-0.3, -0.25) is 9.36 Å². The topological polar surface area (TPSA) is 73.2 Å². The van der Waals surface area contributed by atoms with E-state index in [1.807, 2.05) is 42.5 Å². The SMILES string of the molecule is CC(C)C(C)(C)[Si](C)(C)OC[C@H]1C[C@@H](n2ccc(NCc3ccccc3)nc2=O)C=C1C=O. The number of hydrogen-bond donors (Lipinski definition) is 1. The average Bonchev–Trinajstić information content (AvgIpc) is 3.20. The lowest BCUT2D eigenvalue weighted by molar-refractivity contribution is -0.105. The van der Waals surface area contributed by atoms with Gasteiger partial charge < -0.3 is 9.74 Å². The van der Waals surface area contributed by atoms with Crippen molar-refractivity contribution in [2.45, 2.75) is 64.8 Å². The molecule has 2 aromatic rings. The lowest BCUT2D eigenvalue weighted by Gasteiger charge is -2.43. The molecule has 0 radical (unpaired) electrons. The molecule has 2 atom stereocenters. The Labute approximate surface area is 198 Å². The van der Waals surface area contributed by atoms with Crippen molar-refractivity contribution in [3.05, 3.63) is 70.3 Å². The van der Waals surface area contributed by atoms with Crippen molar-refractivity contribution in [2.24, 2.45) is 11.8 Å². The van der Waals surface area contributed by atoms with E-state index in [1.54, 1.807) is 10.8 Å². The summed E-state index contributed by atoms with van der Waals surface area (Å²) in [6.45, 7) is 14.6. The van der Waals surface area contributed by atoms with Gasteiger partial charge in [-0.2, -0.15) is 4.98 Å². The predicted octanol–water partition coefficient (Wildman–Crippen LogP) is 5.20. The van der Waals surface area contributed by atoms with Crippen LogP contribution < -0.4 is 11.0 Å². The van der Waals surface area contributed by atoms with Crippen molar-refractivity contribution >= 4 is 20.4 Å². The summed E-state index contributed by atoms with van der Waals surface area (Å²) in [5.74, 6) is 1.04. The first-order chi connectivity index (χ1) is 15.5. The zero-order valence-corrected chi connectivity index (χ0v) is 21.7. The summed E-state index contributed by atoms with van der Waals surface area (Å²) in [4.78, 5) is 28.7. The summed E-state index contributed by atoms with van der Waals surface area (Å²) >= 11 is 0. The number of nitrogens with zero attached hydrogens (tertiary/aromatic N) is 2. The highest BCUT2D eigenvalue weighted by molar-refractivity contribution is 6.74. The van der Waals surface area contributed by atoms with Gasteiger partial charge in [-0.25, -0.2) is 4.79 Å². The number of anilines is 1. The van der Waals surface area contributed by atoms with E-state index in [2.05, 4.69) is 51.1 Å². The zero-order chi connectivity index (χ0) is 24.2. The molecule has 7 heteroatoms. The van der Waals surface area contributed by atoms with Crippen molar-refractivity contribution in [1.29, 1.82) is 0 Å². The van der Waals surface area contributed by atoms with Gasteiger partial charge in [0.15, 0.2) is 8.32 Å². The average molecular weight is 468 g/mol. The van der Waals surface area contributed by atoms with Crippen LogP contribution in [0, 0.1) is 11.8 Å². The standard InChI is InChI=1S/C26H37N3O3Si/c1-19(2)26(3,4)33(5,6)32-18-22-15-23(14-21(22)17-30)29-13-12-24(28-25(29)31)27-16-20-10-8-7-9-11-20/h7-14,17,19,22-23H,15-16,18H2,1-6H3,(H,27,28,31)/t22-,23+/m1/s1. The molecule has 0 saturated carbocycles. The number of benzene rings is 1. The van der Waals surface area contributed by atoms with Gasteiger partial charge in [0.25, 0.3) is 0 Å². The Hall–Kier alpha value is -2.51. The summed E-state index contributed by atoms with van der Waals surface area (Å²) in [7, 11) is -1.99. The third-order valence-electron chi connectivity index (χ3n) is 7.66. The minimum atomic E-state index is -1.99. The summed E-state index contributed by atoms with van der Waals surface area (Å²) in [5.41, 5.74) is 1.51. The Morgan fingerprint density at radius 2 is 1.94 bits per heavy atom. The highest BCUT2D eigenvalue weighted by Gasteiger charge is 2.44. The number of carbonyl (C=O) groups excluding carboxylic acids is 1. The van der Waals surface area contributed by atoms with E-state index in [9.17, 15) is 9.59 Å². The van der Waals surface area contributed by atoms with Crippen molar-refractivity contribution in [3.63, 3.8) is 0 Å². The molecule has 1 aliphatic rings. The van der Waals surface area contributed by atoms with E-state index < -0.39 is 8.32 Å². The Balaban J connectivity index is 1.66. The molecule has 0 fully saturated rings. The molecule has 1 aliphatic carbocycles. The maximum absolute atomic E-state index is 12.7. The van der Waals surface area contributed by atoms with Crippen LogP contribution in [0.2, 0.25) is 18.1 Å². The van der Waals surface area contributed by atoms with Gasteiger partial charge in [0.05, 0.1) is 6.04 Å². The molecule has 178 valence electrons. The predicted molar refractivity (Wildman–Crippen MR) is 136 cm³/mol. The largest absolute Gasteiger partial charge is 0.416 e. The third kappa shape index (κ3) is 5.71. The van der Waals surface area contributed by atoms with Gasteiger partial charge in [-0.1, -0.05) is 64.1 Å². The fourth-order valence-corrected chi connectivity index (χ4v) is 6.47. The van der Waals surface area contributed by atoms with E-state index in [1.165, 1.54) is 0 Å². The summed E-state index contributed by atoms with van der Waals surface area (Å²) in [5, 5.41) is 3.31. The fraction of sp³-hybridized carbons (Fsp3) is 0.500. The van der Waals surface area contributed by atoms with Crippen LogP contribution in [-0.4, -0.2) is 30.8 Å². The van der Waals surface area contributed by atoms with Crippen LogP contribution >= 0.6 is 0 Å². The van der Waals surface area contributed by atoms with Gasteiger partial charge in [0.2, 0.25) is 0 Å². The normalized spacial score (nSPS) is 18.9. The molecule has 0 aliphatic heterocycles. The Kier molecular flexibility index (Phi) is 7.75. The van der Waals surface area contributed by atoms with Gasteiger partial charge in [0.1, 0.15) is 12.1 Å². The number of allylic oxidation sites excluding steroid dienone is 1. The highest BCUT2D eigenvalue weighted by atomic mass is 28.4. The molecule has 1 N–H and O–H groups in total. The minimum absolute atomic E-state index is 0.00924. The smallest absolute Gasteiger partial charge is 0.350 e. The van der Waals surface area contributed by atoms with Gasteiger partial charge in [0, 0.05) is 25.3 Å². The molecule has 6 nitrogen and oxygen atoms in total. The molecule has 33 heavy (non-hydrogen) atoms.